The number of imidazole rings is 1. The van der Waals surface area contributed by atoms with Gasteiger partial charge in [-0.05, 0) is 86.3 Å². The fourth-order valence-corrected chi connectivity index (χ4v) is 5.22. The Morgan fingerprint density at radius 2 is 1.75 bits per heavy atom. The van der Waals surface area contributed by atoms with E-state index in [1.54, 1.807) is 24.5 Å². The first-order valence-electron chi connectivity index (χ1n) is 11.2. The number of hydrogen-bond donors (Lipinski definition) is 2. The molecule has 2 aliphatic rings. The molecule has 2 atom stereocenters. The Hall–Kier alpha value is -3.16. The van der Waals surface area contributed by atoms with E-state index in [-0.39, 0.29) is 11.9 Å². The zero-order valence-electron chi connectivity index (χ0n) is 17.8. The smallest absolute Gasteiger partial charge is 0.154 e. The molecule has 162 valence electrons. The number of hydrogen-bond acceptors (Lipinski definition) is 5. The summed E-state index contributed by atoms with van der Waals surface area (Å²) >= 11 is 0. The van der Waals surface area contributed by atoms with Crippen LogP contribution in [0, 0.1) is 11.2 Å². The van der Waals surface area contributed by atoms with Crippen molar-refractivity contribution in [2.45, 2.75) is 25.3 Å². The Bertz CT molecular complexity index is 1240. The van der Waals surface area contributed by atoms with Gasteiger partial charge in [0.15, 0.2) is 5.65 Å². The van der Waals surface area contributed by atoms with Crippen LogP contribution in [0.4, 0.5) is 4.39 Å². The van der Waals surface area contributed by atoms with Crippen LogP contribution in [0.1, 0.15) is 31.0 Å². The van der Waals surface area contributed by atoms with Crippen molar-refractivity contribution in [2.75, 3.05) is 19.6 Å². The summed E-state index contributed by atoms with van der Waals surface area (Å²) < 4.78 is 15.5. The van der Waals surface area contributed by atoms with Crippen LogP contribution in [-0.2, 0) is 0 Å². The number of aromatic nitrogens is 4. The Labute approximate surface area is 185 Å². The highest BCUT2D eigenvalue weighted by Crippen LogP contribution is 2.41. The highest BCUT2D eigenvalue weighted by atomic mass is 19.1. The molecule has 2 saturated heterocycles. The van der Waals surface area contributed by atoms with Crippen molar-refractivity contribution in [3.05, 3.63) is 72.4 Å². The largest absolute Gasteiger partial charge is 0.316 e. The van der Waals surface area contributed by atoms with Crippen LogP contribution >= 0.6 is 0 Å². The van der Waals surface area contributed by atoms with Crippen molar-refractivity contribution >= 4 is 5.65 Å². The quantitative estimate of drug-likeness (QED) is 0.516. The van der Waals surface area contributed by atoms with Crippen molar-refractivity contribution in [1.29, 1.82) is 0 Å². The van der Waals surface area contributed by atoms with Gasteiger partial charge in [0.1, 0.15) is 11.5 Å². The third-order valence-electron chi connectivity index (χ3n) is 6.94. The van der Waals surface area contributed by atoms with E-state index in [4.69, 9.17) is 10.1 Å². The Kier molecular flexibility index (Phi) is 4.73. The summed E-state index contributed by atoms with van der Waals surface area (Å²) in [5.41, 5.74) is 5.68. The topological polar surface area (TPSA) is 67.1 Å². The second-order valence-corrected chi connectivity index (χ2v) is 8.97. The summed E-state index contributed by atoms with van der Waals surface area (Å²) in [6, 6.07) is 14.7. The number of pyridine rings is 1. The van der Waals surface area contributed by atoms with E-state index in [9.17, 15) is 4.39 Å². The first-order valence-corrected chi connectivity index (χ1v) is 11.2. The monoisotopic (exact) mass is 428 g/mol. The van der Waals surface area contributed by atoms with Gasteiger partial charge < -0.3 is 10.6 Å². The molecule has 2 fully saturated rings. The molecule has 7 heteroatoms. The number of halogens is 1. The van der Waals surface area contributed by atoms with Gasteiger partial charge >= 0.3 is 0 Å². The fourth-order valence-electron chi connectivity index (χ4n) is 5.22. The van der Waals surface area contributed by atoms with Crippen molar-refractivity contribution in [1.82, 2.24) is 30.2 Å². The number of fused-ring (bicyclic) bond motifs is 1. The molecule has 1 aromatic carbocycles. The number of benzene rings is 1. The molecule has 32 heavy (non-hydrogen) atoms. The fraction of sp³-hybridized carbons (Fsp3) is 0.320. The lowest BCUT2D eigenvalue weighted by Crippen LogP contribution is -2.40. The van der Waals surface area contributed by atoms with Crippen molar-refractivity contribution in [3.63, 3.8) is 0 Å². The summed E-state index contributed by atoms with van der Waals surface area (Å²) in [5.74, 6) is -0.262. The first-order chi connectivity index (χ1) is 15.7. The normalized spacial score (nSPS) is 23.2. The Balaban J connectivity index is 1.48. The van der Waals surface area contributed by atoms with Crippen molar-refractivity contribution in [2.24, 2.45) is 5.41 Å². The summed E-state index contributed by atoms with van der Waals surface area (Å²) in [7, 11) is 0. The van der Waals surface area contributed by atoms with E-state index >= 15 is 0 Å². The minimum absolute atomic E-state index is 0.218. The molecular formula is C25H25FN6. The van der Waals surface area contributed by atoms with Crippen molar-refractivity contribution < 1.29 is 4.39 Å². The van der Waals surface area contributed by atoms with E-state index in [1.807, 2.05) is 22.7 Å². The van der Waals surface area contributed by atoms with E-state index in [0.29, 0.717) is 5.41 Å². The lowest BCUT2D eigenvalue weighted by Gasteiger charge is -2.38. The molecule has 0 bridgehead atoms. The summed E-state index contributed by atoms with van der Waals surface area (Å²) in [4.78, 5) is 9.04. The van der Waals surface area contributed by atoms with E-state index in [0.717, 1.165) is 59.9 Å². The van der Waals surface area contributed by atoms with Crippen LogP contribution in [0.15, 0.2) is 60.9 Å². The van der Waals surface area contributed by atoms with Crippen LogP contribution in [0.5, 0.6) is 0 Å². The number of nitrogens with zero attached hydrogens (tertiary/aromatic N) is 4. The van der Waals surface area contributed by atoms with Crippen molar-refractivity contribution in [3.8, 4) is 22.5 Å². The Morgan fingerprint density at radius 3 is 2.53 bits per heavy atom. The average Bonchev–Trinajstić information content (AvgIpc) is 3.44. The van der Waals surface area contributed by atoms with Gasteiger partial charge in [-0.25, -0.2) is 13.9 Å². The van der Waals surface area contributed by atoms with Gasteiger partial charge in [-0.1, -0.05) is 0 Å². The molecule has 0 saturated carbocycles. The average molecular weight is 429 g/mol. The lowest BCUT2D eigenvalue weighted by molar-refractivity contribution is 0.184. The lowest BCUT2D eigenvalue weighted by atomic mass is 9.75. The third-order valence-corrected chi connectivity index (χ3v) is 6.94. The maximum atomic E-state index is 13.6. The number of rotatable bonds is 3. The van der Waals surface area contributed by atoms with Crippen LogP contribution in [-0.4, -0.2) is 39.2 Å². The molecule has 2 N–H and O–H groups in total. The van der Waals surface area contributed by atoms with Gasteiger partial charge in [0.2, 0.25) is 0 Å². The van der Waals surface area contributed by atoms with Gasteiger partial charge in [0.25, 0.3) is 0 Å². The molecule has 6 rings (SSSR count). The molecule has 6 nitrogen and oxygen atoms in total. The standard InChI is InChI=1S/C25H25FN6/c26-19-3-1-17(2-4-19)23-24(18-7-11-27-12-8-18)32-22(30-23)6-5-20(31-32)21-15-25(10-14-29-21)9-13-28-16-25/h1-8,11-12,21,28-29H,9-10,13-16H2. The van der Waals surface area contributed by atoms with Gasteiger partial charge in [-0.3, -0.25) is 4.98 Å². The molecule has 2 unspecified atom stereocenters. The van der Waals surface area contributed by atoms with Crippen LogP contribution in [0.25, 0.3) is 28.2 Å². The molecule has 5 heterocycles. The highest BCUT2D eigenvalue weighted by Gasteiger charge is 2.39. The molecule has 4 aromatic rings. The van der Waals surface area contributed by atoms with E-state index in [2.05, 4.69) is 21.7 Å². The van der Waals surface area contributed by atoms with Gasteiger partial charge in [-0.2, -0.15) is 5.10 Å². The predicted molar refractivity (Wildman–Crippen MR) is 122 cm³/mol. The summed E-state index contributed by atoms with van der Waals surface area (Å²) in [6.45, 7) is 3.21. The molecule has 2 aliphatic heterocycles. The second-order valence-electron chi connectivity index (χ2n) is 8.97. The minimum Gasteiger partial charge on any atom is -0.316 e. The van der Waals surface area contributed by atoms with Gasteiger partial charge in [0, 0.05) is 30.1 Å². The molecule has 3 aromatic heterocycles. The van der Waals surface area contributed by atoms with Crippen LogP contribution in [0.3, 0.4) is 0 Å². The molecule has 0 aliphatic carbocycles. The van der Waals surface area contributed by atoms with Crippen LogP contribution < -0.4 is 10.6 Å². The molecular weight excluding hydrogens is 403 g/mol. The van der Waals surface area contributed by atoms with Crippen LogP contribution in [0.2, 0.25) is 0 Å². The summed E-state index contributed by atoms with van der Waals surface area (Å²) in [6.07, 6.45) is 7.07. The number of piperidine rings is 1. The number of nitrogens with one attached hydrogen (secondary N) is 2. The SMILES string of the molecule is Fc1ccc(-c2nc3ccc(C4CC5(CCNC5)CCN4)nn3c2-c2ccncc2)cc1. The van der Waals surface area contributed by atoms with Gasteiger partial charge in [-0.15, -0.1) is 0 Å². The van der Waals surface area contributed by atoms with Gasteiger partial charge in [0.05, 0.1) is 17.4 Å². The van der Waals surface area contributed by atoms with E-state index < -0.39 is 0 Å². The second kappa shape index (κ2) is 7.76. The zero-order valence-corrected chi connectivity index (χ0v) is 17.8. The predicted octanol–water partition coefficient (Wildman–Crippen LogP) is 4.00. The summed E-state index contributed by atoms with van der Waals surface area (Å²) in [5, 5.41) is 12.3. The Morgan fingerprint density at radius 1 is 0.938 bits per heavy atom. The first kappa shape index (κ1) is 19.5. The molecule has 0 amide bonds. The maximum Gasteiger partial charge on any atom is 0.154 e. The molecule has 0 radical (unpaired) electrons. The highest BCUT2D eigenvalue weighted by molar-refractivity contribution is 5.81. The minimum atomic E-state index is -0.262. The molecule has 1 spiro atoms. The zero-order chi connectivity index (χ0) is 21.5. The maximum absolute atomic E-state index is 13.6. The third kappa shape index (κ3) is 3.38. The van der Waals surface area contributed by atoms with E-state index in [1.165, 1.54) is 25.0 Å².